The van der Waals surface area contributed by atoms with Crippen molar-refractivity contribution in [2.24, 2.45) is 5.92 Å². The Balaban J connectivity index is 2.31. The van der Waals surface area contributed by atoms with E-state index in [-0.39, 0.29) is 0 Å². The van der Waals surface area contributed by atoms with E-state index in [0.29, 0.717) is 25.7 Å². The van der Waals surface area contributed by atoms with Crippen molar-refractivity contribution in [2.45, 2.75) is 19.8 Å². The first-order valence-electron chi connectivity index (χ1n) is 5.68. The van der Waals surface area contributed by atoms with Gasteiger partial charge in [-0.1, -0.05) is 0 Å². The molecule has 0 bridgehead atoms. The molecule has 0 unspecified atom stereocenters. The van der Waals surface area contributed by atoms with Crippen LogP contribution in [0.4, 0.5) is 0 Å². The molecule has 0 aromatic rings. The number of carbonyl (C=O) groups is 1. The van der Waals surface area contributed by atoms with Crippen LogP contribution in [0.1, 0.15) is 19.8 Å². The fourth-order valence-electron chi connectivity index (χ4n) is 1.95. The molecule has 3 nitrogen and oxygen atoms in total. The van der Waals surface area contributed by atoms with Gasteiger partial charge in [0.25, 0.3) is 0 Å². The average molecular weight is 240 g/mol. The zero-order valence-electron chi connectivity index (χ0n) is 9.72. The normalized spacial score (nSPS) is 18.1. The van der Waals surface area contributed by atoms with Gasteiger partial charge in [0.05, 0.1) is 0 Å². The summed E-state index contributed by atoms with van der Waals surface area (Å²) in [6, 6.07) is 0. The van der Waals surface area contributed by atoms with Crippen molar-refractivity contribution in [1.29, 1.82) is 0 Å². The molecule has 0 atom stereocenters. The average Bonchev–Trinajstić information content (AvgIpc) is 2.19. The van der Waals surface area contributed by atoms with Crippen molar-refractivity contribution in [3.63, 3.8) is 0 Å². The van der Waals surface area contributed by atoms with Gasteiger partial charge in [-0.25, -0.2) is 0 Å². The van der Waals surface area contributed by atoms with Crippen LogP contribution < -0.4 is 0 Å². The van der Waals surface area contributed by atoms with Crippen LogP contribution >= 0.6 is 8.04 Å². The molecule has 0 aromatic carbocycles. The maximum atomic E-state index is 10.8. The summed E-state index contributed by atoms with van der Waals surface area (Å²) in [6.45, 7) is 5.55. The third kappa shape index (κ3) is 4.09. The fourth-order valence-corrected chi connectivity index (χ4v) is 2.41. The van der Waals surface area contributed by atoms with E-state index < -0.39 is 5.97 Å². The first kappa shape index (κ1) is 13.4. The summed E-state index contributed by atoms with van der Waals surface area (Å²) in [5.41, 5.74) is 0.457. The Morgan fingerprint density at radius 3 is 2.81 bits per heavy atom. The van der Waals surface area contributed by atoms with E-state index in [4.69, 9.17) is 11.2 Å². The summed E-state index contributed by atoms with van der Waals surface area (Å²) >= 11 is 0. The fraction of sp³-hybridized carbons (Fsp3) is 0.667. The molecule has 0 saturated carbocycles. The van der Waals surface area contributed by atoms with Crippen LogP contribution in [0.15, 0.2) is 11.6 Å². The Hall–Kier alpha value is -0.620. The molecule has 1 N–H and O–H groups in total. The van der Waals surface area contributed by atoms with Crippen molar-refractivity contribution < 1.29 is 9.90 Å². The van der Waals surface area contributed by atoms with Crippen molar-refractivity contribution >= 4 is 14.0 Å². The molecule has 1 fully saturated rings. The molecule has 1 heterocycles. The van der Waals surface area contributed by atoms with Crippen LogP contribution in [0.5, 0.6) is 0 Å². The van der Waals surface area contributed by atoms with Gasteiger partial charge in [0, 0.05) is 0 Å². The number of carboxylic acid groups (broad SMARTS) is 1. The van der Waals surface area contributed by atoms with Crippen LogP contribution in [0.25, 0.3) is 0 Å². The quantitative estimate of drug-likeness (QED) is 0.572. The number of hydrogen-bond donors (Lipinski definition) is 1. The van der Waals surface area contributed by atoms with E-state index in [1.54, 1.807) is 0 Å². The van der Waals surface area contributed by atoms with E-state index in [9.17, 15) is 4.79 Å². The number of allylic oxidation sites excluding steroid dienone is 1. The van der Waals surface area contributed by atoms with Crippen LogP contribution in [0.2, 0.25) is 0 Å². The van der Waals surface area contributed by atoms with Gasteiger partial charge in [-0.2, -0.15) is 0 Å². The Kier molecular flexibility index (Phi) is 5.76. The first-order valence-corrected chi connectivity index (χ1v) is 6.83. The minimum atomic E-state index is -0.831. The molecular weight excluding hydrogens is 221 g/mol. The Morgan fingerprint density at radius 2 is 2.31 bits per heavy atom. The molecule has 88 valence electrons. The summed E-state index contributed by atoms with van der Waals surface area (Å²) in [5, 5.41) is 8.91. The number of hydrogen-bond acceptors (Lipinski definition) is 2. The van der Waals surface area contributed by atoms with E-state index in [1.807, 2.05) is 6.08 Å². The van der Waals surface area contributed by atoms with E-state index in [0.717, 1.165) is 26.1 Å². The van der Waals surface area contributed by atoms with Crippen LogP contribution in [0, 0.1) is 12.0 Å². The van der Waals surface area contributed by atoms with Crippen LogP contribution in [0.3, 0.4) is 0 Å². The van der Waals surface area contributed by atoms with Gasteiger partial charge in [0.2, 0.25) is 0 Å². The van der Waals surface area contributed by atoms with Gasteiger partial charge in [0.1, 0.15) is 0 Å². The SMILES string of the molecule is C#[P+]C/C(=C/CC1CN(CCC)C1)C(=O)O. The second-order valence-corrected chi connectivity index (χ2v) is 4.92. The van der Waals surface area contributed by atoms with Crippen molar-refractivity contribution in [2.75, 3.05) is 25.8 Å². The minimum absolute atomic E-state index is 0.445. The summed E-state index contributed by atoms with van der Waals surface area (Å²) in [4.78, 5) is 13.2. The van der Waals surface area contributed by atoms with Crippen molar-refractivity contribution in [3.05, 3.63) is 11.6 Å². The van der Waals surface area contributed by atoms with Gasteiger partial charge < -0.3 is 0 Å². The van der Waals surface area contributed by atoms with Crippen LogP contribution in [-0.4, -0.2) is 41.8 Å². The second kappa shape index (κ2) is 6.85. The standard InChI is InChI=1S/C12H18NO2P/c1-3-6-13-7-10(8-13)4-5-11(9-16-2)12(14)15/h2,5,10H,3-4,6-9H2,1H3/p+1/b11-5-. The van der Waals surface area contributed by atoms with Gasteiger partial charge in [-0.15, -0.1) is 0 Å². The molecule has 1 aliphatic heterocycles. The molecular formula is C12H19NO2P+. The molecule has 1 saturated heterocycles. The number of likely N-dealkylation sites (tertiary alicyclic amines) is 1. The molecule has 1 aliphatic rings. The van der Waals surface area contributed by atoms with Gasteiger partial charge in [0.15, 0.2) is 0 Å². The topological polar surface area (TPSA) is 40.5 Å². The second-order valence-electron chi connectivity index (χ2n) is 4.24. The number of nitrogens with zero attached hydrogens (tertiary/aromatic N) is 1. The predicted octanol–water partition coefficient (Wildman–Crippen LogP) is 2.26. The van der Waals surface area contributed by atoms with E-state index >= 15 is 0 Å². The summed E-state index contributed by atoms with van der Waals surface area (Å²) in [7, 11) is 0.626. The Labute approximate surface area is 98.6 Å². The molecule has 1 rings (SSSR count). The number of aliphatic carboxylic acids is 1. The zero-order chi connectivity index (χ0) is 12.0. The monoisotopic (exact) mass is 240 g/mol. The summed E-state index contributed by atoms with van der Waals surface area (Å²) < 4.78 is 0. The molecule has 0 spiro atoms. The molecule has 0 radical (unpaired) electrons. The zero-order valence-corrected chi connectivity index (χ0v) is 10.6. The summed E-state index contributed by atoms with van der Waals surface area (Å²) in [6.07, 6.45) is 9.69. The maximum absolute atomic E-state index is 10.8. The van der Waals surface area contributed by atoms with Gasteiger partial charge in [-0.05, 0) is 0 Å². The molecule has 0 aliphatic carbocycles. The molecule has 4 heteroatoms. The Morgan fingerprint density at radius 1 is 1.62 bits per heavy atom. The van der Waals surface area contributed by atoms with Crippen LogP contribution in [-0.2, 0) is 4.79 Å². The third-order valence-corrected chi connectivity index (χ3v) is 3.33. The van der Waals surface area contributed by atoms with Gasteiger partial charge in [-0.3, -0.25) is 0 Å². The van der Waals surface area contributed by atoms with Crippen molar-refractivity contribution in [3.8, 4) is 6.13 Å². The Bertz CT molecular complexity index is 313. The van der Waals surface area contributed by atoms with Gasteiger partial charge >= 0.3 is 98.1 Å². The molecule has 16 heavy (non-hydrogen) atoms. The van der Waals surface area contributed by atoms with E-state index in [2.05, 4.69) is 11.8 Å². The third-order valence-electron chi connectivity index (χ3n) is 2.81. The summed E-state index contributed by atoms with van der Waals surface area (Å²) in [5.74, 6) is -0.196. The number of carboxylic acids is 1. The van der Waals surface area contributed by atoms with E-state index in [1.165, 1.54) is 6.42 Å². The predicted molar refractivity (Wildman–Crippen MR) is 67.3 cm³/mol. The first-order chi connectivity index (χ1) is 7.67. The molecule has 0 amide bonds. The molecule has 0 aromatic heterocycles. The number of rotatable bonds is 6. The van der Waals surface area contributed by atoms with Crippen molar-refractivity contribution in [1.82, 2.24) is 4.90 Å².